The van der Waals surface area contributed by atoms with Gasteiger partial charge in [-0.2, -0.15) is 0 Å². The van der Waals surface area contributed by atoms with Crippen LogP contribution in [-0.2, 0) is 28.6 Å². The van der Waals surface area contributed by atoms with Crippen molar-refractivity contribution in [3.63, 3.8) is 0 Å². The Morgan fingerprint density at radius 1 is 0.263 bits per heavy atom. The van der Waals surface area contributed by atoms with E-state index in [0.29, 0.717) is 19.3 Å². The van der Waals surface area contributed by atoms with E-state index in [1.807, 2.05) is 0 Å². The maximum atomic E-state index is 12.9. The van der Waals surface area contributed by atoms with Crippen LogP contribution in [0, 0.1) is 0 Å². The van der Waals surface area contributed by atoms with Gasteiger partial charge in [-0.05, 0) is 122 Å². The van der Waals surface area contributed by atoms with E-state index in [4.69, 9.17) is 14.2 Å². The molecule has 0 radical (unpaired) electrons. The van der Waals surface area contributed by atoms with E-state index in [1.54, 1.807) is 0 Å². The second-order valence-electron chi connectivity index (χ2n) is 21.6. The number of carbonyl (C=O) groups is 3. The molecular formula is C74H122O6. The molecule has 0 spiro atoms. The highest BCUT2D eigenvalue weighted by molar-refractivity contribution is 5.71. The van der Waals surface area contributed by atoms with Gasteiger partial charge in [0.25, 0.3) is 0 Å². The largest absolute Gasteiger partial charge is 0.462 e. The zero-order valence-corrected chi connectivity index (χ0v) is 52.0. The number of esters is 3. The summed E-state index contributed by atoms with van der Waals surface area (Å²) in [4.78, 5) is 38.2. The molecule has 80 heavy (non-hydrogen) atoms. The summed E-state index contributed by atoms with van der Waals surface area (Å²) >= 11 is 0. The average molecular weight is 1110 g/mol. The fourth-order valence-corrected chi connectivity index (χ4v) is 8.94. The van der Waals surface area contributed by atoms with E-state index in [9.17, 15) is 14.4 Å². The van der Waals surface area contributed by atoms with Crippen LogP contribution in [0.4, 0.5) is 0 Å². The van der Waals surface area contributed by atoms with Gasteiger partial charge in [-0.1, -0.05) is 289 Å². The number of rotatable bonds is 59. The van der Waals surface area contributed by atoms with Crippen LogP contribution in [-0.4, -0.2) is 37.2 Å². The molecule has 0 saturated heterocycles. The molecular weight excluding hydrogens is 985 g/mol. The molecule has 0 rings (SSSR count). The second-order valence-corrected chi connectivity index (χ2v) is 21.6. The van der Waals surface area contributed by atoms with Crippen molar-refractivity contribution in [2.24, 2.45) is 0 Å². The number of hydrogen-bond donors (Lipinski definition) is 0. The number of allylic oxidation sites excluding steroid dienone is 22. The lowest BCUT2D eigenvalue weighted by molar-refractivity contribution is -0.167. The summed E-state index contributed by atoms with van der Waals surface area (Å²) in [5, 5.41) is 0. The minimum Gasteiger partial charge on any atom is -0.462 e. The van der Waals surface area contributed by atoms with Crippen LogP contribution < -0.4 is 0 Å². The molecule has 0 amide bonds. The SMILES string of the molecule is CC/C=C\C/C=C\C/C=C\C/C=C\C/C=C\C/C=C\C/C=C\C/C=C\C/C=C\CCCCCCCC(=O)OCC(COC(=O)CCCCCCCCCCCC)OC(=O)CCCCCCCCCCC/C=C\C/C=C\CCCCC. The molecule has 6 nitrogen and oxygen atoms in total. The summed E-state index contributed by atoms with van der Waals surface area (Å²) in [6, 6.07) is 0. The third-order valence-corrected chi connectivity index (χ3v) is 13.9. The second kappa shape index (κ2) is 67.1. The van der Waals surface area contributed by atoms with Crippen molar-refractivity contribution in [1.82, 2.24) is 0 Å². The molecule has 0 aromatic rings. The van der Waals surface area contributed by atoms with E-state index in [-0.39, 0.29) is 31.1 Å². The maximum Gasteiger partial charge on any atom is 0.306 e. The van der Waals surface area contributed by atoms with Crippen molar-refractivity contribution >= 4 is 17.9 Å². The summed E-state index contributed by atoms with van der Waals surface area (Å²) in [6.45, 7) is 6.48. The van der Waals surface area contributed by atoms with Gasteiger partial charge in [0, 0.05) is 19.3 Å². The first-order valence-corrected chi connectivity index (χ1v) is 33.2. The molecule has 0 bridgehead atoms. The van der Waals surface area contributed by atoms with Gasteiger partial charge in [-0.25, -0.2) is 0 Å². The third-order valence-electron chi connectivity index (χ3n) is 13.9. The monoisotopic (exact) mass is 1110 g/mol. The lowest BCUT2D eigenvalue weighted by Gasteiger charge is -2.18. The molecule has 6 heteroatoms. The minimum absolute atomic E-state index is 0.0865. The molecule has 0 saturated carbocycles. The standard InChI is InChI=1S/C74H122O6/c1-4-7-10-13-16-19-22-24-26-28-30-31-32-33-34-35-36-37-38-39-40-41-42-43-45-46-48-50-52-55-58-61-64-67-73(76)79-70-71(69-78-72(75)66-63-60-57-54-21-18-15-12-9-6-3)80-74(77)68-65-62-59-56-53-51-49-47-44-29-27-25-23-20-17-14-11-8-5-2/h7,10,16-17,19-20,24-27,30-31,33-34,36-37,39-40,42-43,46,48,71H,4-6,8-9,11-15,18,21-23,28-29,32,35,38,41,44-45,47,49-70H2,1-3H3/b10-7-,19-16-,20-17-,26-24-,27-25-,31-30-,34-33-,37-36-,40-39-,43-42-,48-46-. The summed E-state index contributed by atoms with van der Waals surface area (Å²) in [6.07, 6.45) is 94.6. The first-order chi connectivity index (χ1) is 39.5. The Morgan fingerprint density at radius 3 is 0.787 bits per heavy atom. The Morgan fingerprint density at radius 2 is 0.487 bits per heavy atom. The van der Waals surface area contributed by atoms with Gasteiger partial charge in [-0.15, -0.1) is 0 Å². The number of unbranched alkanes of at least 4 members (excludes halogenated alkanes) is 26. The van der Waals surface area contributed by atoms with Crippen LogP contribution in [0.25, 0.3) is 0 Å². The fourth-order valence-electron chi connectivity index (χ4n) is 8.94. The summed E-state index contributed by atoms with van der Waals surface area (Å²) in [5.74, 6) is -0.908. The summed E-state index contributed by atoms with van der Waals surface area (Å²) in [7, 11) is 0. The van der Waals surface area contributed by atoms with Crippen molar-refractivity contribution in [3.8, 4) is 0 Å². The van der Waals surface area contributed by atoms with Crippen molar-refractivity contribution in [2.45, 2.75) is 303 Å². The first kappa shape index (κ1) is 75.5. The number of ether oxygens (including phenoxy) is 3. The van der Waals surface area contributed by atoms with Gasteiger partial charge in [0.05, 0.1) is 0 Å². The smallest absolute Gasteiger partial charge is 0.306 e. The maximum absolute atomic E-state index is 12.9. The van der Waals surface area contributed by atoms with Gasteiger partial charge in [0.2, 0.25) is 0 Å². The number of hydrogen-bond acceptors (Lipinski definition) is 6. The molecule has 1 unspecified atom stereocenters. The zero-order valence-electron chi connectivity index (χ0n) is 52.0. The van der Waals surface area contributed by atoms with Gasteiger partial charge in [-0.3, -0.25) is 14.4 Å². The summed E-state index contributed by atoms with van der Waals surface area (Å²) in [5.41, 5.74) is 0. The van der Waals surface area contributed by atoms with Crippen LogP contribution in [0.3, 0.4) is 0 Å². The highest BCUT2D eigenvalue weighted by Gasteiger charge is 2.19. The molecule has 0 N–H and O–H groups in total. The van der Waals surface area contributed by atoms with Crippen LogP contribution in [0.15, 0.2) is 134 Å². The predicted octanol–water partition coefficient (Wildman–Crippen LogP) is 22.9. The lowest BCUT2D eigenvalue weighted by Crippen LogP contribution is -2.30. The van der Waals surface area contributed by atoms with Crippen LogP contribution in [0.1, 0.15) is 297 Å². The van der Waals surface area contributed by atoms with E-state index in [0.717, 1.165) is 141 Å². The van der Waals surface area contributed by atoms with E-state index < -0.39 is 6.10 Å². The lowest BCUT2D eigenvalue weighted by atomic mass is 10.1. The Hall–Kier alpha value is -4.45. The predicted molar refractivity (Wildman–Crippen MR) is 348 cm³/mol. The highest BCUT2D eigenvalue weighted by Crippen LogP contribution is 2.15. The molecule has 0 heterocycles. The van der Waals surface area contributed by atoms with Gasteiger partial charge in [0.15, 0.2) is 6.10 Å². The normalized spacial score (nSPS) is 13.0. The average Bonchev–Trinajstić information content (AvgIpc) is 3.46. The molecule has 454 valence electrons. The van der Waals surface area contributed by atoms with Gasteiger partial charge in [0.1, 0.15) is 13.2 Å². The van der Waals surface area contributed by atoms with Crippen molar-refractivity contribution in [2.75, 3.05) is 13.2 Å². The molecule has 0 aliphatic carbocycles. The summed E-state index contributed by atoms with van der Waals surface area (Å²) < 4.78 is 16.9. The first-order valence-electron chi connectivity index (χ1n) is 33.2. The van der Waals surface area contributed by atoms with Gasteiger partial charge >= 0.3 is 17.9 Å². The Labute approximate surface area is 494 Å². The highest BCUT2D eigenvalue weighted by atomic mass is 16.6. The molecule has 0 aliphatic rings. The Balaban J connectivity index is 4.29. The topological polar surface area (TPSA) is 78.9 Å². The molecule has 0 fully saturated rings. The van der Waals surface area contributed by atoms with Crippen LogP contribution >= 0.6 is 0 Å². The van der Waals surface area contributed by atoms with Crippen molar-refractivity contribution in [3.05, 3.63) is 134 Å². The zero-order chi connectivity index (χ0) is 57.8. The quantitative estimate of drug-likeness (QED) is 0.0261. The van der Waals surface area contributed by atoms with Crippen molar-refractivity contribution < 1.29 is 28.6 Å². The van der Waals surface area contributed by atoms with Crippen LogP contribution in [0.2, 0.25) is 0 Å². The molecule has 0 aromatic carbocycles. The van der Waals surface area contributed by atoms with E-state index in [1.165, 1.54) is 116 Å². The Kier molecular flexibility index (Phi) is 63.3. The van der Waals surface area contributed by atoms with Gasteiger partial charge < -0.3 is 14.2 Å². The fraction of sp³-hybridized carbons (Fsp3) is 0.662. The Bertz CT molecular complexity index is 1700. The van der Waals surface area contributed by atoms with E-state index in [2.05, 4.69) is 154 Å². The molecule has 0 aliphatic heterocycles. The molecule has 1 atom stereocenters. The van der Waals surface area contributed by atoms with Crippen molar-refractivity contribution in [1.29, 1.82) is 0 Å². The third kappa shape index (κ3) is 64.4. The van der Waals surface area contributed by atoms with Crippen LogP contribution in [0.5, 0.6) is 0 Å². The minimum atomic E-state index is -0.791. The number of carbonyl (C=O) groups excluding carboxylic acids is 3. The molecule has 0 aromatic heterocycles. The van der Waals surface area contributed by atoms with E-state index >= 15 is 0 Å².